The lowest BCUT2D eigenvalue weighted by Gasteiger charge is -2.31. The van der Waals surface area contributed by atoms with Crippen LogP contribution in [0, 0.1) is 11.8 Å². The number of ether oxygens (including phenoxy) is 2. The average Bonchev–Trinajstić information content (AvgIpc) is 3.14. The SMILES string of the molecule is CCOC(=O)C(N)(CN1CCC(COC)C1)C1CC1. The van der Waals surface area contributed by atoms with Crippen LogP contribution in [0.4, 0.5) is 0 Å². The summed E-state index contributed by atoms with van der Waals surface area (Å²) >= 11 is 0. The number of likely N-dealkylation sites (tertiary alicyclic amines) is 1. The highest BCUT2D eigenvalue weighted by Gasteiger charge is 2.50. The van der Waals surface area contributed by atoms with Gasteiger partial charge in [-0.1, -0.05) is 0 Å². The molecule has 2 fully saturated rings. The van der Waals surface area contributed by atoms with Crippen molar-refractivity contribution in [1.82, 2.24) is 4.90 Å². The van der Waals surface area contributed by atoms with Gasteiger partial charge in [0.2, 0.25) is 0 Å². The fraction of sp³-hybridized carbons (Fsp3) is 0.929. The first-order chi connectivity index (χ1) is 9.10. The van der Waals surface area contributed by atoms with E-state index in [2.05, 4.69) is 4.90 Å². The van der Waals surface area contributed by atoms with Crippen molar-refractivity contribution < 1.29 is 14.3 Å². The van der Waals surface area contributed by atoms with Crippen molar-refractivity contribution in [1.29, 1.82) is 0 Å². The van der Waals surface area contributed by atoms with Crippen LogP contribution in [0.3, 0.4) is 0 Å². The number of nitrogens with zero attached hydrogens (tertiary/aromatic N) is 1. The minimum Gasteiger partial charge on any atom is -0.465 e. The van der Waals surface area contributed by atoms with E-state index in [0.29, 0.717) is 25.0 Å². The molecule has 0 bridgehead atoms. The first-order valence-corrected chi connectivity index (χ1v) is 7.27. The Kier molecular flexibility index (Phi) is 4.81. The van der Waals surface area contributed by atoms with Crippen LogP contribution in [-0.2, 0) is 14.3 Å². The summed E-state index contributed by atoms with van der Waals surface area (Å²) in [4.78, 5) is 14.4. The van der Waals surface area contributed by atoms with E-state index in [0.717, 1.165) is 39.0 Å². The van der Waals surface area contributed by atoms with Crippen molar-refractivity contribution >= 4 is 5.97 Å². The molecule has 0 spiro atoms. The van der Waals surface area contributed by atoms with Gasteiger partial charge in [0.1, 0.15) is 5.54 Å². The molecular formula is C14H26N2O3. The van der Waals surface area contributed by atoms with Gasteiger partial charge in [-0.3, -0.25) is 0 Å². The second kappa shape index (κ2) is 6.20. The fourth-order valence-corrected chi connectivity index (χ4v) is 3.02. The molecule has 5 heteroatoms. The largest absolute Gasteiger partial charge is 0.465 e. The zero-order valence-electron chi connectivity index (χ0n) is 12.1. The second-order valence-electron chi connectivity index (χ2n) is 5.88. The Balaban J connectivity index is 1.92. The summed E-state index contributed by atoms with van der Waals surface area (Å²) in [6.45, 7) is 5.61. The van der Waals surface area contributed by atoms with Gasteiger partial charge in [-0.15, -0.1) is 0 Å². The van der Waals surface area contributed by atoms with Gasteiger partial charge < -0.3 is 20.1 Å². The van der Waals surface area contributed by atoms with Crippen molar-refractivity contribution in [3.63, 3.8) is 0 Å². The lowest BCUT2D eigenvalue weighted by atomic mass is 9.94. The van der Waals surface area contributed by atoms with Gasteiger partial charge in [-0.05, 0) is 44.6 Å². The highest BCUT2D eigenvalue weighted by atomic mass is 16.5. The summed E-state index contributed by atoms with van der Waals surface area (Å²) < 4.78 is 10.4. The Bertz CT molecular complexity index is 320. The monoisotopic (exact) mass is 270 g/mol. The second-order valence-corrected chi connectivity index (χ2v) is 5.88. The number of carbonyl (C=O) groups is 1. The van der Waals surface area contributed by atoms with Gasteiger partial charge in [0.15, 0.2) is 0 Å². The molecule has 110 valence electrons. The highest BCUT2D eigenvalue weighted by molar-refractivity contribution is 5.82. The smallest absolute Gasteiger partial charge is 0.327 e. The molecule has 0 aromatic rings. The molecular weight excluding hydrogens is 244 g/mol. The van der Waals surface area contributed by atoms with Crippen LogP contribution in [0.1, 0.15) is 26.2 Å². The van der Waals surface area contributed by atoms with Gasteiger partial charge in [0.25, 0.3) is 0 Å². The predicted octanol–water partition coefficient (Wildman–Crippen LogP) is 0.625. The zero-order chi connectivity index (χ0) is 13.9. The fourth-order valence-electron chi connectivity index (χ4n) is 3.02. The average molecular weight is 270 g/mol. The number of esters is 1. The highest BCUT2D eigenvalue weighted by Crippen LogP contribution is 2.40. The number of rotatable bonds is 7. The maximum Gasteiger partial charge on any atom is 0.327 e. The molecule has 0 amide bonds. The van der Waals surface area contributed by atoms with Gasteiger partial charge >= 0.3 is 5.97 Å². The maximum atomic E-state index is 12.1. The number of hydrogen-bond acceptors (Lipinski definition) is 5. The van der Waals surface area contributed by atoms with Crippen molar-refractivity contribution in [3.05, 3.63) is 0 Å². The first kappa shape index (κ1) is 14.8. The third-order valence-electron chi connectivity index (χ3n) is 4.22. The lowest BCUT2D eigenvalue weighted by molar-refractivity contribution is -0.151. The molecule has 1 saturated carbocycles. The van der Waals surface area contributed by atoms with E-state index in [4.69, 9.17) is 15.2 Å². The summed E-state index contributed by atoms with van der Waals surface area (Å²) in [5.74, 6) is 0.636. The molecule has 1 aliphatic heterocycles. The van der Waals surface area contributed by atoms with Gasteiger partial charge in [-0.25, -0.2) is 4.79 Å². The quantitative estimate of drug-likeness (QED) is 0.687. The molecule has 2 rings (SSSR count). The van der Waals surface area contributed by atoms with Gasteiger partial charge in [0.05, 0.1) is 13.2 Å². The topological polar surface area (TPSA) is 64.8 Å². The molecule has 5 nitrogen and oxygen atoms in total. The van der Waals surface area contributed by atoms with Crippen LogP contribution < -0.4 is 5.73 Å². The van der Waals surface area contributed by atoms with E-state index in [-0.39, 0.29) is 5.97 Å². The molecule has 2 aliphatic rings. The minimum absolute atomic E-state index is 0.229. The minimum atomic E-state index is -0.808. The Morgan fingerprint density at radius 2 is 2.16 bits per heavy atom. The summed E-state index contributed by atoms with van der Waals surface area (Å²) in [6, 6.07) is 0. The molecule has 2 atom stereocenters. The van der Waals surface area contributed by atoms with Gasteiger partial charge in [0, 0.05) is 20.2 Å². The zero-order valence-corrected chi connectivity index (χ0v) is 12.1. The van der Waals surface area contributed by atoms with Crippen LogP contribution in [-0.4, -0.2) is 56.4 Å². The van der Waals surface area contributed by atoms with Crippen molar-refractivity contribution in [2.75, 3.05) is 40.0 Å². The molecule has 2 unspecified atom stereocenters. The molecule has 1 saturated heterocycles. The molecule has 1 aliphatic carbocycles. The Labute approximate surface area is 115 Å². The maximum absolute atomic E-state index is 12.1. The molecule has 19 heavy (non-hydrogen) atoms. The normalized spacial score (nSPS) is 27.2. The van der Waals surface area contributed by atoms with Crippen LogP contribution >= 0.6 is 0 Å². The van der Waals surface area contributed by atoms with E-state index in [1.807, 2.05) is 6.92 Å². The molecule has 2 N–H and O–H groups in total. The summed E-state index contributed by atoms with van der Waals surface area (Å²) in [6.07, 6.45) is 3.22. The Morgan fingerprint density at radius 3 is 2.74 bits per heavy atom. The van der Waals surface area contributed by atoms with E-state index >= 15 is 0 Å². The third kappa shape index (κ3) is 3.46. The first-order valence-electron chi connectivity index (χ1n) is 7.27. The summed E-state index contributed by atoms with van der Waals surface area (Å²) in [5.41, 5.74) is 5.58. The van der Waals surface area contributed by atoms with Crippen molar-refractivity contribution in [2.24, 2.45) is 17.6 Å². The summed E-state index contributed by atoms with van der Waals surface area (Å²) in [5, 5.41) is 0. The van der Waals surface area contributed by atoms with Gasteiger partial charge in [-0.2, -0.15) is 0 Å². The Hall–Kier alpha value is -0.650. The van der Waals surface area contributed by atoms with E-state index in [9.17, 15) is 4.79 Å². The molecule has 0 aromatic heterocycles. The standard InChI is InChI=1S/C14H26N2O3/c1-3-19-13(17)14(15,12-4-5-12)10-16-7-6-11(8-16)9-18-2/h11-12H,3-10,15H2,1-2H3. The number of hydrogen-bond donors (Lipinski definition) is 1. The number of methoxy groups -OCH3 is 1. The molecule has 0 radical (unpaired) electrons. The van der Waals surface area contributed by atoms with E-state index in [1.54, 1.807) is 7.11 Å². The number of carbonyl (C=O) groups excluding carboxylic acids is 1. The van der Waals surface area contributed by atoms with Crippen LogP contribution in [0.25, 0.3) is 0 Å². The van der Waals surface area contributed by atoms with Crippen LogP contribution in [0.5, 0.6) is 0 Å². The van der Waals surface area contributed by atoms with Crippen molar-refractivity contribution in [2.45, 2.75) is 31.7 Å². The summed E-state index contributed by atoms with van der Waals surface area (Å²) in [7, 11) is 1.73. The van der Waals surface area contributed by atoms with E-state index < -0.39 is 5.54 Å². The van der Waals surface area contributed by atoms with Crippen LogP contribution in [0.2, 0.25) is 0 Å². The number of nitrogens with two attached hydrogens (primary N) is 1. The van der Waals surface area contributed by atoms with Crippen LogP contribution in [0.15, 0.2) is 0 Å². The predicted molar refractivity (Wildman–Crippen MR) is 72.7 cm³/mol. The molecule has 0 aromatic carbocycles. The molecule has 1 heterocycles. The van der Waals surface area contributed by atoms with E-state index in [1.165, 1.54) is 0 Å². The third-order valence-corrected chi connectivity index (χ3v) is 4.22. The Morgan fingerprint density at radius 1 is 1.42 bits per heavy atom. The lowest BCUT2D eigenvalue weighted by Crippen LogP contribution is -2.58. The van der Waals surface area contributed by atoms with Crippen molar-refractivity contribution in [3.8, 4) is 0 Å².